The average Bonchev–Trinajstić information content (AvgIpc) is 1.99. The molecule has 0 aliphatic heterocycles. The third kappa shape index (κ3) is 6.12. The Bertz CT molecular complexity index is 137. The lowest BCUT2D eigenvalue weighted by Gasteiger charge is -2.17. The monoisotopic (exact) mass is 174 g/mol. The van der Waals surface area contributed by atoms with Crippen LogP contribution in [0.5, 0.6) is 0 Å². The first-order valence-electron chi connectivity index (χ1n) is 4.01. The Balaban J connectivity index is 3.43. The molecular weight excluding hydrogens is 156 g/mol. The number of likely N-dealkylation sites (N-methyl/N-ethyl adjacent to an activating group) is 1. The smallest absolute Gasteiger partial charge is 0.319 e. The molecule has 0 spiro atoms. The van der Waals surface area contributed by atoms with Gasteiger partial charge < -0.3 is 15.0 Å². The molecule has 12 heavy (non-hydrogen) atoms. The fourth-order valence-electron chi connectivity index (χ4n) is 0.942. The third-order valence-electron chi connectivity index (χ3n) is 1.46. The zero-order valence-electron chi connectivity index (χ0n) is 8.26. The summed E-state index contributed by atoms with van der Waals surface area (Å²) < 4.78 is 4.49. The molecule has 1 atom stereocenters. The van der Waals surface area contributed by atoms with E-state index in [2.05, 4.69) is 15.0 Å². The fourth-order valence-corrected chi connectivity index (χ4v) is 0.942. The van der Waals surface area contributed by atoms with Crippen molar-refractivity contribution in [2.45, 2.75) is 13.0 Å². The van der Waals surface area contributed by atoms with E-state index >= 15 is 0 Å². The first-order valence-corrected chi connectivity index (χ1v) is 4.01. The highest BCUT2D eigenvalue weighted by Gasteiger charge is 2.05. The molecule has 4 heteroatoms. The van der Waals surface area contributed by atoms with Gasteiger partial charge in [-0.15, -0.1) is 0 Å². The molecule has 0 amide bonds. The van der Waals surface area contributed by atoms with Gasteiger partial charge in [0.25, 0.3) is 0 Å². The molecule has 0 saturated carbocycles. The maximum atomic E-state index is 10.7. The number of rotatable bonds is 5. The lowest BCUT2D eigenvalue weighted by atomic mass is 10.3. The molecule has 0 radical (unpaired) electrons. The Hall–Kier alpha value is -0.610. The number of methoxy groups -OCH3 is 1. The van der Waals surface area contributed by atoms with Crippen molar-refractivity contribution in [2.75, 3.05) is 34.3 Å². The number of carbonyl (C=O) groups excluding carboxylic acids is 1. The van der Waals surface area contributed by atoms with Gasteiger partial charge in [-0.3, -0.25) is 4.79 Å². The fraction of sp³-hybridized carbons (Fsp3) is 0.875. The highest BCUT2D eigenvalue weighted by Crippen LogP contribution is 1.84. The molecule has 0 aromatic carbocycles. The van der Waals surface area contributed by atoms with E-state index in [1.54, 1.807) is 0 Å². The van der Waals surface area contributed by atoms with Crippen molar-refractivity contribution in [1.29, 1.82) is 0 Å². The molecule has 1 N–H and O–H groups in total. The van der Waals surface area contributed by atoms with Crippen LogP contribution >= 0.6 is 0 Å². The molecule has 0 rings (SSSR count). The van der Waals surface area contributed by atoms with Crippen LogP contribution in [0.15, 0.2) is 0 Å². The standard InChI is InChI=1S/C8H18N2O2/c1-7(6-10(2)3)9-5-8(11)12-4/h7,9H,5-6H2,1-4H3. The molecule has 0 heterocycles. The predicted molar refractivity (Wildman–Crippen MR) is 48.0 cm³/mol. The van der Waals surface area contributed by atoms with E-state index in [0.717, 1.165) is 6.54 Å². The van der Waals surface area contributed by atoms with E-state index in [9.17, 15) is 4.79 Å². The van der Waals surface area contributed by atoms with Crippen molar-refractivity contribution in [2.24, 2.45) is 0 Å². The highest BCUT2D eigenvalue weighted by atomic mass is 16.5. The van der Waals surface area contributed by atoms with Crippen LogP contribution in [0, 0.1) is 0 Å². The maximum absolute atomic E-state index is 10.7. The van der Waals surface area contributed by atoms with Crippen LogP contribution in [0.4, 0.5) is 0 Å². The molecule has 0 bridgehead atoms. The lowest BCUT2D eigenvalue weighted by Crippen LogP contribution is -2.38. The van der Waals surface area contributed by atoms with Crippen molar-refractivity contribution in [3.05, 3.63) is 0 Å². The molecule has 0 aromatic rings. The van der Waals surface area contributed by atoms with Crippen LogP contribution in [0.3, 0.4) is 0 Å². The minimum atomic E-state index is -0.222. The van der Waals surface area contributed by atoms with E-state index in [1.807, 2.05) is 21.0 Å². The highest BCUT2D eigenvalue weighted by molar-refractivity contribution is 5.71. The second kappa shape index (κ2) is 5.97. The number of ether oxygens (including phenoxy) is 1. The van der Waals surface area contributed by atoms with Gasteiger partial charge in [0.05, 0.1) is 13.7 Å². The van der Waals surface area contributed by atoms with E-state index in [0.29, 0.717) is 6.04 Å². The second-order valence-corrected chi connectivity index (χ2v) is 3.12. The van der Waals surface area contributed by atoms with E-state index < -0.39 is 0 Å². The van der Waals surface area contributed by atoms with E-state index in [4.69, 9.17) is 0 Å². The van der Waals surface area contributed by atoms with Crippen LogP contribution in [-0.2, 0) is 9.53 Å². The largest absolute Gasteiger partial charge is 0.468 e. The zero-order chi connectivity index (χ0) is 9.56. The molecule has 0 saturated heterocycles. The van der Waals surface area contributed by atoms with Gasteiger partial charge >= 0.3 is 5.97 Å². The van der Waals surface area contributed by atoms with Crippen LogP contribution < -0.4 is 5.32 Å². The first kappa shape index (κ1) is 11.4. The van der Waals surface area contributed by atoms with Gasteiger partial charge in [0.15, 0.2) is 0 Å². The van der Waals surface area contributed by atoms with Gasteiger partial charge in [0.1, 0.15) is 0 Å². The third-order valence-corrected chi connectivity index (χ3v) is 1.46. The van der Waals surface area contributed by atoms with Crippen molar-refractivity contribution in [3.63, 3.8) is 0 Å². The van der Waals surface area contributed by atoms with E-state index in [1.165, 1.54) is 7.11 Å². The van der Waals surface area contributed by atoms with Crippen LogP contribution in [0.1, 0.15) is 6.92 Å². The SMILES string of the molecule is COC(=O)CNC(C)CN(C)C. The number of nitrogens with one attached hydrogen (secondary N) is 1. The predicted octanol–water partition coefficient (Wildman–Crippen LogP) is -0.301. The van der Waals surface area contributed by atoms with Gasteiger partial charge in [-0.05, 0) is 21.0 Å². The van der Waals surface area contributed by atoms with Gasteiger partial charge in [-0.25, -0.2) is 0 Å². The number of hydrogen-bond acceptors (Lipinski definition) is 4. The molecule has 0 aromatic heterocycles. The summed E-state index contributed by atoms with van der Waals surface area (Å²) in [6, 6.07) is 0.305. The Kier molecular flexibility index (Phi) is 5.66. The van der Waals surface area contributed by atoms with Gasteiger partial charge in [-0.2, -0.15) is 0 Å². The summed E-state index contributed by atoms with van der Waals surface area (Å²) in [5.41, 5.74) is 0. The second-order valence-electron chi connectivity index (χ2n) is 3.12. The average molecular weight is 174 g/mol. The van der Waals surface area contributed by atoms with Crippen LogP contribution in [-0.4, -0.2) is 51.2 Å². The number of nitrogens with zero attached hydrogens (tertiary/aromatic N) is 1. The molecule has 1 unspecified atom stereocenters. The van der Waals surface area contributed by atoms with Crippen molar-refractivity contribution in [3.8, 4) is 0 Å². The summed E-state index contributed by atoms with van der Waals surface area (Å²) in [5, 5.41) is 3.05. The van der Waals surface area contributed by atoms with Gasteiger partial charge in [0.2, 0.25) is 0 Å². The van der Waals surface area contributed by atoms with Gasteiger partial charge in [-0.1, -0.05) is 0 Å². The summed E-state index contributed by atoms with van der Waals surface area (Å²) in [7, 11) is 5.38. The summed E-state index contributed by atoms with van der Waals surface area (Å²) in [5.74, 6) is -0.222. The molecule has 0 aliphatic carbocycles. The zero-order valence-corrected chi connectivity index (χ0v) is 8.26. The normalized spacial score (nSPS) is 13.1. The number of hydrogen-bond donors (Lipinski definition) is 1. The van der Waals surface area contributed by atoms with Crippen LogP contribution in [0.25, 0.3) is 0 Å². The molecule has 0 fully saturated rings. The Morgan fingerprint density at radius 3 is 2.58 bits per heavy atom. The Labute approximate surface area is 73.9 Å². The molecule has 0 aliphatic rings. The summed E-state index contributed by atoms with van der Waals surface area (Å²) in [4.78, 5) is 12.8. The minimum Gasteiger partial charge on any atom is -0.468 e. The first-order chi connectivity index (χ1) is 5.56. The molecule has 72 valence electrons. The summed E-state index contributed by atoms with van der Waals surface area (Å²) in [6.45, 7) is 3.23. The lowest BCUT2D eigenvalue weighted by molar-refractivity contribution is -0.139. The van der Waals surface area contributed by atoms with E-state index in [-0.39, 0.29) is 12.5 Å². The van der Waals surface area contributed by atoms with Crippen molar-refractivity contribution in [1.82, 2.24) is 10.2 Å². The van der Waals surface area contributed by atoms with Crippen molar-refractivity contribution >= 4 is 5.97 Å². The van der Waals surface area contributed by atoms with Crippen LogP contribution in [0.2, 0.25) is 0 Å². The topological polar surface area (TPSA) is 41.6 Å². The minimum absolute atomic E-state index is 0.222. The van der Waals surface area contributed by atoms with Crippen molar-refractivity contribution < 1.29 is 9.53 Å². The summed E-state index contributed by atoms with van der Waals surface area (Å²) >= 11 is 0. The Morgan fingerprint density at radius 1 is 1.58 bits per heavy atom. The summed E-state index contributed by atoms with van der Waals surface area (Å²) in [6.07, 6.45) is 0. The number of carbonyl (C=O) groups is 1. The maximum Gasteiger partial charge on any atom is 0.319 e. The number of esters is 1. The quantitative estimate of drug-likeness (QED) is 0.581. The Morgan fingerprint density at radius 2 is 2.17 bits per heavy atom. The molecule has 4 nitrogen and oxygen atoms in total. The van der Waals surface area contributed by atoms with Gasteiger partial charge in [0, 0.05) is 12.6 Å². The molecular formula is C8H18N2O2.